The molecule has 4 aromatic carbocycles. The van der Waals surface area contributed by atoms with E-state index >= 15 is 0 Å². The van der Waals surface area contributed by atoms with Gasteiger partial charge in [-0.2, -0.15) is 0 Å². The molecule has 232 valence electrons. The van der Waals surface area contributed by atoms with Gasteiger partial charge < -0.3 is 28.6 Å². The summed E-state index contributed by atoms with van der Waals surface area (Å²) in [6.07, 6.45) is 0. The fourth-order valence-corrected chi connectivity index (χ4v) is 5.13. The van der Waals surface area contributed by atoms with Crippen LogP contribution in [0.2, 0.25) is 0 Å². The molecule has 0 bridgehead atoms. The van der Waals surface area contributed by atoms with Gasteiger partial charge in [-0.3, -0.25) is 0 Å². The number of rotatable bonds is 7. The zero-order valence-electron chi connectivity index (χ0n) is 23.8. The Morgan fingerprint density at radius 2 is 0.837 bits per heavy atom. The van der Waals surface area contributed by atoms with Gasteiger partial charge in [0.2, 0.25) is 0 Å². The van der Waals surface area contributed by atoms with Gasteiger partial charge in [-0.05, 0) is 60.7 Å². The van der Waals surface area contributed by atoms with Crippen LogP contribution in [0.3, 0.4) is 0 Å². The summed E-state index contributed by atoms with van der Waals surface area (Å²) in [7, 11) is -2.24. The average Bonchev–Trinajstić information content (AvgIpc) is 2.97. The van der Waals surface area contributed by atoms with Crippen LogP contribution < -0.4 is 28.6 Å². The van der Waals surface area contributed by atoms with Gasteiger partial charge in [0.05, 0.1) is 52.8 Å². The van der Waals surface area contributed by atoms with E-state index < -0.39 is 7.81 Å². The summed E-state index contributed by atoms with van der Waals surface area (Å²) in [5.74, 6) is 3.50. The van der Waals surface area contributed by atoms with Crippen molar-refractivity contribution in [1.29, 1.82) is 0 Å². The molecule has 1 heterocycles. The van der Waals surface area contributed by atoms with Gasteiger partial charge >= 0.3 is 33.0 Å². The predicted molar refractivity (Wildman–Crippen MR) is 155 cm³/mol. The van der Waals surface area contributed by atoms with Crippen LogP contribution in [0.5, 0.6) is 28.7 Å². The van der Waals surface area contributed by atoms with E-state index in [1.807, 2.05) is 54.6 Å². The van der Waals surface area contributed by atoms with Crippen molar-refractivity contribution in [3.05, 3.63) is 95.6 Å². The van der Waals surface area contributed by atoms with E-state index in [2.05, 4.69) is 29.2 Å². The Morgan fingerprint density at radius 3 is 1.19 bits per heavy atom. The number of halogens is 6. The normalized spacial score (nSPS) is 14.2. The Bertz CT molecular complexity index is 1530. The van der Waals surface area contributed by atoms with Crippen LogP contribution in [-0.4, -0.2) is 35.5 Å². The molecule has 0 aliphatic carbocycles. The van der Waals surface area contributed by atoms with Crippen molar-refractivity contribution >= 4 is 24.9 Å². The number of benzene rings is 4. The zero-order chi connectivity index (χ0) is 31.6. The van der Waals surface area contributed by atoms with Gasteiger partial charge in [0, 0.05) is 22.4 Å². The minimum atomic E-state index is -10.7. The quantitative estimate of drug-likeness (QED) is 0.132. The monoisotopic (exact) mass is 628 g/mol. The number of fused-ring (bicyclic) bond motifs is 2. The van der Waals surface area contributed by atoms with E-state index in [1.54, 1.807) is 35.5 Å². The molecule has 0 spiro atoms. The summed E-state index contributed by atoms with van der Waals surface area (Å²) in [5, 5.41) is 0. The fourth-order valence-electron chi connectivity index (χ4n) is 5.13. The molecule has 0 aromatic heterocycles. The Morgan fingerprint density at radius 1 is 0.488 bits per heavy atom. The molecular formula is C30H29F6NO5P-. The van der Waals surface area contributed by atoms with E-state index in [9.17, 15) is 25.2 Å². The molecule has 1 aliphatic rings. The number of ether oxygens (including phenoxy) is 5. The SMILES string of the molecule is COc1ccc(N2c3cccc(OC)c3C(c3c(OC)cccc3OC)c3c(OC)cccc32)cc1.F[P-](F)(F)(F)(F)F. The Labute approximate surface area is 244 Å². The Hall–Kier alpha value is -4.31. The maximum absolute atomic E-state index is 10.7. The first-order valence-corrected chi connectivity index (χ1v) is 14.7. The first-order valence-electron chi connectivity index (χ1n) is 12.7. The molecule has 0 atom stereocenters. The van der Waals surface area contributed by atoms with Crippen LogP contribution in [0.4, 0.5) is 42.2 Å². The summed E-state index contributed by atoms with van der Waals surface area (Å²) in [6.45, 7) is 0. The van der Waals surface area contributed by atoms with E-state index in [1.165, 1.54) is 0 Å². The van der Waals surface area contributed by atoms with Gasteiger partial charge in [-0.1, -0.05) is 18.2 Å². The molecule has 0 saturated carbocycles. The topological polar surface area (TPSA) is 49.4 Å². The first kappa shape index (κ1) is 31.6. The Balaban J connectivity index is 0.000000541. The second kappa shape index (κ2) is 11.1. The fraction of sp³-hybridized carbons (Fsp3) is 0.200. The predicted octanol–water partition coefficient (Wildman–Crippen LogP) is 10.1. The molecule has 5 rings (SSSR count). The molecule has 1 aliphatic heterocycles. The molecule has 0 fully saturated rings. The molecule has 4 aromatic rings. The first-order chi connectivity index (χ1) is 20.1. The summed E-state index contributed by atoms with van der Waals surface area (Å²) in [5.41, 5.74) is 5.89. The minimum absolute atomic E-state index is 0.275. The third-order valence-electron chi connectivity index (χ3n) is 6.67. The van der Waals surface area contributed by atoms with Crippen molar-refractivity contribution in [1.82, 2.24) is 0 Å². The van der Waals surface area contributed by atoms with Crippen LogP contribution in [0.25, 0.3) is 0 Å². The number of hydrogen-bond donors (Lipinski definition) is 0. The molecule has 0 unspecified atom stereocenters. The van der Waals surface area contributed by atoms with Gasteiger partial charge in [0.15, 0.2) is 0 Å². The maximum atomic E-state index is 9.87. The van der Waals surface area contributed by atoms with E-state index in [0.717, 1.165) is 62.5 Å². The van der Waals surface area contributed by atoms with Crippen molar-refractivity contribution in [3.63, 3.8) is 0 Å². The number of anilines is 3. The average molecular weight is 629 g/mol. The number of nitrogens with zero attached hydrogens (tertiary/aromatic N) is 1. The molecule has 0 radical (unpaired) electrons. The van der Waals surface area contributed by atoms with Crippen LogP contribution >= 0.6 is 7.81 Å². The van der Waals surface area contributed by atoms with Crippen LogP contribution in [0, 0.1) is 0 Å². The standard InChI is InChI=1S/C30H29NO5.F6P/c1-32-20-17-15-19(16-18-20)31-21-9-6-11-23(33-2)27(21)30(28-22(31)10-7-12-24(28)34-3)29-25(35-4)13-8-14-26(29)36-5;1-7(2,3,4,5)6/h6-18,30H,1-5H3;/q;-1. The Kier molecular flexibility index (Phi) is 8.14. The molecular weight excluding hydrogens is 599 g/mol. The summed E-state index contributed by atoms with van der Waals surface area (Å²) < 4.78 is 88.2. The van der Waals surface area contributed by atoms with Crippen molar-refractivity contribution in [2.45, 2.75) is 5.92 Å². The van der Waals surface area contributed by atoms with Crippen molar-refractivity contribution in [2.75, 3.05) is 40.4 Å². The second-order valence-corrected chi connectivity index (χ2v) is 11.2. The second-order valence-electron chi connectivity index (χ2n) is 9.29. The van der Waals surface area contributed by atoms with Crippen molar-refractivity contribution in [2.24, 2.45) is 0 Å². The zero-order valence-corrected chi connectivity index (χ0v) is 24.7. The molecule has 0 N–H and O–H groups in total. The molecule has 43 heavy (non-hydrogen) atoms. The van der Waals surface area contributed by atoms with Gasteiger partial charge in [0.1, 0.15) is 28.7 Å². The van der Waals surface area contributed by atoms with Crippen molar-refractivity contribution in [3.8, 4) is 28.7 Å². The number of methoxy groups -OCH3 is 5. The molecule has 0 saturated heterocycles. The van der Waals surface area contributed by atoms with Gasteiger partial charge in [-0.25, -0.2) is 0 Å². The summed E-state index contributed by atoms with van der Waals surface area (Å²) in [6, 6.07) is 26.1. The van der Waals surface area contributed by atoms with Crippen LogP contribution in [0.1, 0.15) is 22.6 Å². The van der Waals surface area contributed by atoms with Crippen LogP contribution in [-0.2, 0) is 0 Å². The van der Waals surface area contributed by atoms with Gasteiger partial charge in [0.25, 0.3) is 0 Å². The summed E-state index contributed by atoms with van der Waals surface area (Å²) in [4.78, 5) is 2.23. The van der Waals surface area contributed by atoms with Gasteiger partial charge in [-0.15, -0.1) is 0 Å². The summed E-state index contributed by atoms with van der Waals surface area (Å²) >= 11 is 0. The molecule has 6 nitrogen and oxygen atoms in total. The van der Waals surface area contributed by atoms with E-state index in [4.69, 9.17) is 23.7 Å². The molecule has 0 amide bonds. The van der Waals surface area contributed by atoms with E-state index in [0.29, 0.717) is 0 Å². The van der Waals surface area contributed by atoms with Crippen LogP contribution in [0.15, 0.2) is 78.9 Å². The third kappa shape index (κ3) is 7.19. The van der Waals surface area contributed by atoms with Crippen molar-refractivity contribution < 1.29 is 48.9 Å². The third-order valence-corrected chi connectivity index (χ3v) is 6.67. The van der Waals surface area contributed by atoms with E-state index in [-0.39, 0.29) is 5.92 Å². The molecule has 13 heteroatoms. The number of hydrogen-bond acceptors (Lipinski definition) is 6.